The Hall–Kier alpha value is -4.17. The Kier molecular flexibility index (Phi) is 10.5. The highest BCUT2D eigenvalue weighted by Crippen LogP contribution is 2.41. The summed E-state index contributed by atoms with van der Waals surface area (Å²) in [5.74, 6) is 0.644. The molecule has 7 heteroatoms. The van der Waals surface area contributed by atoms with Crippen LogP contribution in [-0.2, 0) is 17.5 Å². The van der Waals surface area contributed by atoms with Crippen molar-refractivity contribution >= 4 is 24.9 Å². The monoisotopic (exact) mass is 633 g/mol. The van der Waals surface area contributed by atoms with Gasteiger partial charge in [-0.05, 0) is 77.5 Å². The van der Waals surface area contributed by atoms with E-state index in [0.717, 1.165) is 35.0 Å². The molecular formula is C39H47N3O3Si. The van der Waals surface area contributed by atoms with Crippen molar-refractivity contribution in [3.8, 4) is 5.75 Å². The van der Waals surface area contributed by atoms with Gasteiger partial charge >= 0.3 is 0 Å². The number of anilines is 1. The van der Waals surface area contributed by atoms with Crippen LogP contribution in [0.25, 0.3) is 10.9 Å². The molecule has 6 nitrogen and oxygen atoms in total. The molecule has 2 atom stereocenters. The number of nitrogens with two attached hydrogens (primary N) is 1. The number of benzene rings is 4. The number of nitrogen functional groups attached to an aromatic ring is 1. The summed E-state index contributed by atoms with van der Waals surface area (Å²) in [5, 5.41) is 4.84. The van der Waals surface area contributed by atoms with Gasteiger partial charge < -0.3 is 25.2 Å². The lowest BCUT2D eigenvalue weighted by Crippen LogP contribution is -2.44. The van der Waals surface area contributed by atoms with Crippen LogP contribution in [0.15, 0.2) is 114 Å². The first-order valence-electron chi connectivity index (χ1n) is 16.1. The average Bonchev–Trinajstić information content (AvgIpc) is 3.04. The van der Waals surface area contributed by atoms with E-state index >= 15 is 0 Å². The van der Waals surface area contributed by atoms with Crippen molar-refractivity contribution in [2.75, 3.05) is 12.3 Å². The number of aryl methyl sites for hydroxylation is 1. The van der Waals surface area contributed by atoms with Crippen LogP contribution in [0, 0.1) is 0 Å². The minimum absolute atomic E-state index is 0.0160. The second-order valence-electron chi connectivity index (χ2n) is 13.6. The van der Waals surface area contributed by atoms with Gasteiger partial charge in [0, 0.05) is 29.7 Å². The first-order valence-corrected chi connectivity index (χ1v) is 19.0. The van der Waals surface area contributed by atoms with E-state index in [-0.39, 0.29) is 22.7 Å². The second-order valence-corrected chi connectivity index (χ2v) is 18.3. The minimum atomic E-state index is -2.20. The normalized spacial score (nSPS) is 13.4. The van der Waals surface area contributed by atoms with Gasteiger partial charge in [-0.2, -0.15) is 0 Å². The quantitative estimate of drug-likeness (QED) is 0.0891. The first-order chi connectivity index (χ1) is 22.0. The molecule has 4 N–H and O–H groups in total. The number of H-pyrrole nitrogens is 1. The van der Waals surface area contributed by atoms with Gasteiger partial charge in [-0.25, -0.2) is 0 Å². The largest absolute Gasteiger partial charge is 0.487 e. The summed E-state index contributed by atoms with van der Waals surface area (Å²) in [6.07, 6.45) is 1.58. The SMILES string of the molecule is CC(C)(C)[Si](C)(C)O[C@@H](CNC(CCc1ccc(N)cc1)c1ccccc1)c1ccc(OCc2ccccc2)c2[nH]c(=O)ccc12. The van der Waals surface area contributed by atoms with Gasteiger partial charge in [-0.1, -0.05) is 99.6 Å². The Morgan fingerprint density at radius 3 is 2.17 bits per heavy atom. The minimum Gasteiger partial charge on any atom is -0.487 e. The van der Waals surface area contributed by atoms with E-state index in [0.29, 0.717) is 24.4 Å². The molecule has 0 amide bonds. The molecule has 240 valence electrons. The fraction of sp³-hybridized carbons (Fsp3) is 0.308. The molecule has 4 aromatic carbocycles. The highest BCUT2D eigenvalue weighted by atomic mass is 28.4. The van der Waals surface area contributed by atoms with E-state index in [1.54, 1.807) is 6.07 Å². The summed E-state index contributed by atoms with van der Waals surface area (Å²) in [4.78, 5) is 15.6. The van der Waals surface area contributed by atoms with Gasteiger partial charge in [-0.3, -0.25) is 4.79 Å². The van der Waals surface area contributed by atoms with Gasteiger partial charge in [0.05, 0.1) is 11.6 Å². The third kappa shape index (κ3) is 8.34. The lowest BCUT2D eigenvalue weighted by Gasteiger charge is -2.40. The van der Waals surface area contributed by atoms with E-state index in [4.69, 9.17) is 14.9 Å². The van der Waals surface area contributed by atoms with Crippen LogP contribution in [0.2, 0.25) is 18.1 Å². The molecule has 0 radical (unpaired) electrons. The molecule has 1 heterocycles. The zero-order chi connectivity index (χ0) is 32.7. The molecule has 0 saturated carbocycles. The molecule has 5 aromatic rings. The third-order valence-electron chi connectivity index (χ3n) is 9.17. The molecule has 1 aromatic heterocycles. The van der Waals surface area contributed by atoms with Crippen molar-refractivity contribution in [3.63, 3.8) is 0 Å². The Bertz CT molecular complexity index is 1760. The molecule has 1 unspecified atom stereocenters. The molecule has 0 spiro atoms. The topological polar surface area (TPSA) is 89.4 Å². The maximum Gasteiger partial charge on any atom is 0.248 e. The Balaban J connectivity index is 1.48. The number of pyridine rings is 1. The third-order valence-corrected chi connectivity index (χ3v) is 13.7. The summed E-state index contributed by atoms with van der Waals surface area (Å²) in [5.41, 5.74) is 11.8. The van der Waals surface area contributed by atoms with E-state index in [1.165, 1.54) is 11.1 Å². The van der Waals surface area contributed by atoms with Crippen molar-refractivity contribution in [2.45, 2.75) is 70.5 Å². The number of hydrogen-bond acceptors (Lipinski definition) is 5. The van der Waals surface area contributed by atoms with Crippen LogP contribution in [0.3, 0.4) is 0 Å². The molecule has 0 bridgehead atoms. The van der Waals surface area contributed by atoms with E-state index < -0.39 is 8.32 Å². The maximum absolute atomic E-state index is 12.6. The summed E-state index contributed by atoms with van der Waals surface area (Å²) < 4.78 is 13.4. The summed E-state index contributed by atoms with van der Waals surface area (Å²) in [6.45, 7) is 12.4. The van der Waals surface area contributed by atoms with Crippen molar-refractivity contribution in [3.05, 3.63) is 142 Å². The lowest BCUT2D eigenvalue weighted by atomic mass is 9.97. The highest BCUT2D eigenvalue weighted by molar-refractivity contribution is 6.74. The number of aromatic amines is 1. The van der Waals surface area contributed by atoms with Gasteiger partial charge in [0.15, 0.2) is 8.32 Å². The number of rotatable bonds is 13. The smallest absolute Gasteiger partial charge is 0.248 e. The van der Waals surface area contributed by atoms with Crippen molar-refractivity contribution in [2.24, 2.45) is 0 Å². The van der Waals surface area contributed by atoms with Crippen molar-refractivity contribution in [1.29, 1.82) is 0 Å². The summed E-state index contributed by atoms with van der Waals surface area (Å²) >= 11 is 0. The molecule has 0 aliphatic heterocycles. The maximum atomic E-state index is 12.6. The standard InChI is InChI=1S/C39H47N3O3Si/c1-39(2,3)46(4,5)45-36(26-41-34(30-14-10-7-11-15-30)23-18-28-16-19-31(40)20-17-28)32-21-24-35(38-33(32)22-25-37(43)42-38)44-27-29-12-8-6-9-13-29/h6-17,19-22,24-25,34,36,41H,18,23,26-27,40H2,1-5H3,(H,42,43)/t34?,36-/m0/s1. The Morgan fingerprint density at radius 1 is 0.826 bits per heavy atom. The van der Waals surface area contributed by atoms with Crippen molar-refractivity contribution < 1.29 is 9.16 Å². The Morgan fingerprint density at radius 2 is 1.50 bits per heavy atom. The fourth-order valence-electron chi connectivity index (χ4n) is 5.45. The zero-order valence-corrected chi connectivity index (χ0v) is 28.7. The van der Waals surface area contributed by atoms with Crippen LogP contribution in [0.1, 0.15) is 61.6 Å². The molecule has 0 aliphatic carbocycles. The lowest BCUT2D eigenvalue weighted by molar-refractivity contribution is 0.176. The van der Waals surface area contributed by atoms with Gasteiger partial charge in [0.2, 0.25) is 5.56 Å². The van der Waals surface area contributed by atoms with Gasteiger partial charge in [-0.15, -0.1) is 0 Å². The van der Waals surface area contributed by atoms with Crippen LogP contribution in [-0.4, -0.2) is 19.8 Å². The second kappa shape index (κ2) is 14.5. The predicted octanol–water partition coefficient (Wildman–Crippen LogP) is 8.72. The predicted molar refractivity (Wildman–Crippen MR) is 193 cm³/mol. The molecule has 0 saturated heterocycles. The van der Waals surface area contributed by atoms with Crippen LogP contribution in [0.4, 0.5) is 5.69 Å². The van der Waals surface area contributed by atoms with E-state index in [1.807, 2.05) is 54.6 Å². The fourth-order valence-corrected chi connectivity index (χ4v) is 6.72. The van der Waals surface area contributed by atoms with Crippen LogP contribution < -0.4 is 21.3 Å². The van der Waals surface area contributed by atoms with Crippen LogP contribution in [0.5, 0.6) is 5.75 Å². The summed E-state index contributed by atoms with van der Waals surface area (Å²) in [7, 11) is -2.20. The number of ether oxygens (including phenoxy) is 1. The molecule has 0 fully saturated rings. The van der Waals surface area contributed by atoms with E-state index in [2.05, 4.69) is 92.7 Å². The van der Waals surface area contributed by atoms with Gasteiger partial charge in [0.1, 0.15) is 12.4 Å². The zero-order valence-electron chi connectivity index (χ0n) is 27.7. The molecular weight excluding hydrogens is 587 g/mol. The van der Waals surface area contributed by atoms with Crippen LogP contribution >= 0.6 is 0 Å². The number of hydrogen-bond donors (Lipinski definition) is 3. The molecule has 0 aliphatic rings. The number of nitrogens with one attached hydrogen (secondary N) is 2. The Labute approximate surface area is 274 Å². The first kappa shape index (κ1) is 33.2. The molecule has 5 rings (SSSR count). The summed E-state index contributed by atoms with van der Waals surface area (Å²) in [6, 6.07) is 36.5. The number of aromatic nitrogens is 1. The average molecular weight is 634 g/mol. The molecule has 46 heavy (non-hydrogen) atoms. The van der Waals surface area contributed by atoms with Gasteiger partial charge in [0.25, 0.3) is 0 Å². The number of fused-ring (bicyclic) bond motifs is 1. The van der Waals surface area contributed by atoms with Crippen molar-refractivity contribution in [1.82, 2.24) is 10.3 Å². The highest BCUT2D eigenvalue weighted by Gasteiger charge is 2.40. The van der Waals surface area contributed by atoms with E-state index in [9.17, 15) is 4.79 Å².